The van der Waals surface area contributed by atoms with Crippen LogP contribution >= 0.6 is 33.9 Å². The third kappa shape index (κ3) is 3.56. The average molecular weight is 310 g/mol. The normalized spacial score (nSPS) is 15.7. The molecule has 1 aromatic rings. The SMILES string of the molecule is CCC(C)CC(O)c1csc(I)c1. The molecule has 74 valence electrons. The van der Waals surface area contributed by atoms with Gasteiger partial charge in [0.25, 0.3) is 0 Å². The van der Waals surface area contributed by atoms with Crippen LogP contribution in [0.25, 0.3) is 0 Å². The van der Waals surface area contributed by atoms with E-state index >= 15 is 0 Å². The lowest BCUT2D eigenvalue weighted by atomic mass is 9.98. The summed E-state index contributed by atoms with van der Waals surface area (Å²) in [4.78, 5) is 0. The molecule has 0 aromatic carbocycles. The Balaban J connectivity index is 2.53. The minimum atomic E-state index is -0.269. The number of hydrogen-bond acceptors (Lipinski definition) is 2. The fraction of sp³-hybridized carbons (Fsp3) is 0.600. The lowest BCUT2D eigenvalue weighted by Gasteiger charge is -2.13. The van der Waals surface area contributed by atoms with Gasteiger partial charge in [-0.15, -0.1) is 11.3 Å². The Morgan fingerprint density at radius 3 is 2.77 bits per heavy atom. The predicted molar refractivity (Wildman–Crippen MR) is 66.1 cm³/mol. The summed E-state index contributed by atoms with van der Waals surface area (Å²) < 4.78 is 1.25. The van der Waals surface area contributed by atoms with Crippen LogP contribution in [0.15, 0.2) is 11.4 Å². The number of halogens is 1. The van der Waals surface area contributed by atoms with Crippen molar-refractivity contribution in [2.24, 2.45) is 5.92 Å². The standard InChI is InChI=1S/C10H15IOS/c1-3-7(2)4-9(12)8-5-10(11)13-6-8/h5-7,9,12H,3-4H2,1-2H3. The Labute approximate surface area is 97.3 Å². The molecule has 2 unspecified atom stereocenters. The highest BCUT2D eigenvalue weighted by atomic mass is 127. The van der Waals surface area contributed by atoms with Gasteiger partial charge in [-0.05, 0) is 51.9 Å². The van der Waals surface area contributed by atoms with Gasteiger partial charge in [0.1, 0.15) is 0 Å². The van der Waals surface area contributed by atoms with E-state index in [1.807, 2.05) is 0 Å². The van der Waals surface area contributed by atoms with Crippen molar-refractivity contribution in [1.82, 2.24) is 0 Å². The smallest absolute Gasteiger partial charge is 0.0801 e. The van der Waals surface area contributed by atoms with Gasteiger partial charge in [0.2, 0.25) is 0 Å². The molecule has 0 aliphatic carbocycles. The van der Waals surface area contributed by atoms with Crippen molar-refractivity contribution in [1.29, 1.82) is 0 Å². The summed E-state index contributed by atoms with van der Waals surface area (Å²) in [5, 5.41) is 11.9. The van der Waals surface area contributed by atoms with E-state index in [-0.39, 0.29) is 6.10 Å². The molecule has 0 spiro atoms. The zero-order chi connectivity index (χ0) is 9.84. The third-order valence-electron chi connectivity index (χ3n) is 2.30. The van der Waals surface area contributed by atoms with Crippen LogP contribution in [-0.4, -0.2) is 5.11 Å². The van der Waals surface area contributed by atoms with E-state index in [0.29, 0.717) is 5.92 Å². The van der Waals surface area contributed by atoms with Gasteiger partial charge in [-0.3, -0.25) is 0 Å². The molecule has 13 heavy (non-hydrogen) atoms. The quantitative estimate of drug-likeness (QED) is 0.838. The molecule has 0 aliphatic heterocycles. The Morgan fingerprint density at radius 1 is 1.62 bits per heavy atom. The predicted octanol–water partition coefficient (Wildman–Crippen LogP) is 3.82. The van der Waals surface area contributed by atoms with E-state index in [2.05, 4.69) is 47.9 Å². The highest BCUT2D eigenvalue weighted by molar-refractivity contribution is 14.1. The van der Waals surface area contributed by atoms with Crippen LogP contribution in [0.3, 0.4) is 0 Å². The maximum Gasteiger partial charge on any atom is 0.0801 e. The molecule has 3 heteroatoms. The Bertz CT molecular complexity index is 259. The molecule has 1 heterocycles. The van der Waals surface area contributed by atoms with Crippen molar-refractivity contribution in [3.8, 4) is 0 Å². The number of aliphatic hydroxyl groups is 1. The summed E-state index contributed by atoms with van der Waals surface area (Å²) in [7, 11) is 0. The van der Waals surface area contributed by atoms with Gasteiger partial charge < -0.3 is 5.11 Å². The molecular weight excluding hydrogens is 295 g/mol. The molecule has 0 aliphatic rings. The number of hydrogen-bond donors (Lipinski definition) is 1. The third-order valence-corrected chi connectivity index (χ3v) is 4.10. The molecule has 1 aromatic heterocycles. The van der Waals surface area contributed by atoms with E-state index in [1.165, 1.54) is 2.88 Å². The van der Waals surface area contributed by atoms with Gasteiger partial charge in [0.15, 0.2) is 0 Å². The molecular formula is C10H15IOS. The van der Waals surface area contributed by atoms with Gasteiger partial charge in [-0.1, -0.05) is 20.3 Å². The zero-order valence-corrected chi connectivity index (χ0v) is 10.9. The summed E-state index contributed by atoms with van der Waals surface area (Å²) in [6.45, 7) is 4.34. The summed E-state index contributed by atoms with van der Waals surface area (Å²) in [6, 6.07) is 2.07. The van der Waals surface area contributed by atoms with Crippen LogP contribution in [0.2, 0.25) is 0 Å². The first kappa shape index (κ1) is 11.5. The fourth-order valence-corrected chi connectivity index (χ4v) is 2.60. The fourth-order valence-electron chi connectivity index (χ4n) is 1.18. The van der Waals surface area contributed by atoms with Crippen molar-refractivity contribution < 1.29 is 5.11 Å². The minimum absolute atomic E-state index is 0.269. The van der Waals surface area contributed by atoms with Crippen molar-refractivity contribution in [2.75, 3.05) is 0 Å². The molecule has 0 saturated heterocycles. The van der Waals surface area contributed by atoms with Crippen LogP contribution in [-0.2, 0) is 0 Å². The summed E-state index contributed by atoms with van der Waals surface area (Å²) in [6.07, 6.45) is 1.75. The largest absolute Gasteiger partial charge is 0.388 e. The second-order valence-corrected chi connectivity index (χ2v) is 6.25. The average Bonchev–Trinajstić information content (AvgIpc) is 2.51. The lowest BCUT2D eigenvalue weighted by Crippen LogP contribution is -2.02. The Hall–Kier alpha value is 0.390. The van der Waals surface area contributed by atoms with E-state index in [9.17, 15) is 5.11 Å². The summed E-state index contributed by atoms with van der Waals surface area (Å²) in [5.41, 5.74) is 1.08. The number of rotatable bonds is 4. The summed E-state index contributed by atoms with van der Waals surface area (Å²) in [5.74, 6) is 0.604. The highest BCUT2D eigenvalue weighted by Gasteiger charge is 2.12. The van der Waals surface area contributed by atoms with Crippen LogP contribution in [0.4, 0.5) is 0 Å². The number of aliphatic hydroxyl groups excluding tert-OH is 1. The van der Waals surface area contributed by atoms with Crippen LogP contribution in [0.5, 0.6) is 0 Å². The first-order valence-electron chi connectivity index (χ1n) is 4.55. The monoisotopic (exact) mass is 310 g/mol. The van der Waals surface area contributed by atoms with Crippen LogP contribution in [0, 0.1) is 8.80 Å². The highest BCUT2D eigenvalue weighted by Crippen LogP contribution is 2.27. The second kappa shape index (κ2) is 5.32. The molecule has 2 atom stereocenters. The van der Waals surface area contributed by atoms with Gasteiger partial charge in [0, 0.05) is 0 Å². The van der Waals surface area contributed by atoms with Crippen molar-refractivity contribution >= 4 is 33.9 Å². The molecule has 1 nitrogen and oxygen atoms in total. The van der Waals surface area contributed by atoms with Gasteiger partial charge in [-0.25, -0.2) is 0 Å². The van der Waals surface area contributed by atoms with Crippen molar-refractivity contribution in [3.05, 3.63) is 19.9 Å². The van der Waals surface area contributed by atoms with Crippen molar-refractivity contribution in [2.45, 2.75) is 32.8 Å². The molecule has 0 fully saturated rings. The van der Waals surface area contributed by atoms with Crippen molar-refractivity contribution in [3.63, 3.8) is 0 Å². The van der Waals surface area contributed by atoms with E-state index in [1.54, 1.807) is 11.3 Å². The molecule has 0 saturated carbocycles. The topological polar surface area (TPSA) is 20.2 Å². The minimum Gasteiger partial charge on any atom is -0.388 e. The number of thiophene rings is 1. The second-order valence-electron chi connectivity index (χ2n) is 3.45. The Kier molecular flexibility index (Phi) is 4.69. The van der Waals surface area contributed by atoms with E-state index in [0.717, 1.165) is 18.4 Å². The molecule has 0 bridgehead atoms. The Morgan fingerprint density at radius 2 is 2.31 bits per heavy atom. The first-order chi connectivity index (χ1) is 6.13. The summed E-state index contributed by atoms with van der Waals surface area (Å²) >= 11 is 3.98. The molecule has 0 radical (unpaired) electrons. The van der Waals surface area contributed by atoms with Crippen LogP contribution in [0.1, 0.15) is 38.4 Å². The molecule has 1 N–H and O–H groups in total. The van der Waals surface area contributed by atoms with Gasteiger partial charge in [-0.2, -0.15) is 0 Å². The maximum absolute atomic E-state index is 9.84. The van der Waals surface area contributed by atoms with Crippen LogP contribution < -0.4 is 0 Å². The zero-order valence-electron chi connectivity index (χ0n) is 7.96. The first-order valence-corrected chi connectivity index (χ1v) is 6.51. The van der Waals surface area contributed by atoms with E-state index < -0.39 is 0 Å². The molecule has 0 amide bonds. The molecule has 1 rings (SSSR count). The maximum atomic E-state index is 9.84. The van der Waals surface area contributed by atoms with Gasteiger partial charge in [0.05, 0.1) is 8.99 Å². The lowest BCUT2D eigenvalue weighted by molar-refractivity contribution is 0.147. The van der Waals surface area contributed by atoms with Gasteiger partial charge >= 0.3 is 0 Å². The van der Waals surface area contributed by atoms with E-state index in [4.69, 9.17) is 0 Å².